The standard InChI is InChI=1S/C17H18N4OS/c1-11(23-17-20-19-12(2)21(17)3)16(22)18-15-10-6-8-13-7-4-5-9-14(13)15/h4-11H,1-3H3,(H,18,22). The van der Waals surface area contributed by atoms with E-state index in [9.17, 15) is 4.79 Å². The number of nitrogens with one attached hydrogen (secondary N) is 1. The van der Waals surface area contributed by atoms with Gasteiger partial charge in [-0.15, -0.1) is 10.2 Å². The summed E-state index contributed by atoms with van der Waals surface area (Å²) in [5, 5.41) is 13.7. The number of hydrogen-bond acceptors (Lipinski definition) is 4. The average Bonchev–Trinajstić information content (AvgIpc) is 2.87. The van der Waals surface area contributed by atoms with Gasteiger partial charge >= 0.3 is 0 Å². The van der Waals surface area contributed by atoms with Crippen molar-refractivity contribution in [2.45, 2.75) is 24.3 Å². The molecule has 23 heavy (non-hydrogen) atoms. The molecule has 1 heterocycles. The Bertz CT molecular complexity index is 853. The number of aryl methyl sites for hydroxylation is 1. The fourth-order valence-corrected chi connectivity index (χ4v) is 3.13. The van der Waals surface area contributed by atoms with Gasteiger partial charge < -0.3 is 9.88 Å². The fraction of sp³-hybridized carbons (Fsp3) is 0.235. The molecule has 3 rings (SSSR count). The number of fused-ring (bicyclic) bond motifs is 1. The van der Waals surface area contributed by atoms with Crippen LogP contribution in [0, 0.1) is 6.92 Å². The molecular formula is C17H18N4OS. The van der Waals surface area contributed by atoms with Crippen molar-refractivity contribution in [3.63, 3.8) is 0 Å². The zero-order valence-electron chi connectivity index (χ0n) is 13.3. The van der Waals surface area contributed by atoms with E-state index in [1.165, 1.54) is 11.8 Å². The minimum absolute atomic E-state index is 0.0491. The van der Waals surface area contributed by atoms with Gasteiger partial charge in [-0.2, -0.15) is 0 Å². The second-order valence-electron chi connectivity index (χ2n) is 5.36. The van der Waals surface area contributed by atoms with Crippen LogP contribution in [0.2, 0.25) is 0 Å². The lowest BCUT2D eigenvalue weighted by Gasteiger charge is -2.13. The lowest BCUT2D eigenvalue weighted by Crippen LogP contribution is -2.23. The van der Waals surface area contributed by atoms with E-state index in [1.807, 2.05) is 67.9 Å². The molecule has 1 N–H and O–H groups in total. The topological polar surface area (TPSA) is 59.8 Å². The van der Waals surface area contributed by atoms with Gasteiger partial charge in [-0.05, 0) is 25.3 Å². The highest BCUT2D eigenvalue weighted by Crippen LogP contribution is 2.26. The van der Waals surface area contributed by atoms with Crippen LogP contribution in [0.15, 0.2) is 47.6 Å². The predicted octanol–water partition coefficient (Wildman–Crippen LogP) is 3.40. The third kappa shape index (κ3) is 3.22. The lowest BCUT2D eigenvalue weighted by molar-refractivity contribution is -0.115. The summed E-state index contributed by atoms with van der Waals surface area (Å²) in [6.07, 6.45) is 0. The van der Waals surface area contributed by atoms with E-state index in [1.54, 1.807) is 0 Å². The SMILES string of the molecule is Cc1nnc(SC(C)C(=O)Nc2cccc3ccccc23)n1C. The van der Waals surface area contributed by atoms with Gasteiger partial charge in [0, 0.05) is 18.1 Å². The van der Waals surface area contributed by atoms with Gasteiger partial charge in [0.15, 0.2) is 5.16 Å². The average molecular weight is 326 g/mol. The van der Waals surface area contributed by atoms with E-state index in [2.05, 4.69) is 15.5 Å². The highest BCUT2D eigenvalue weighted by atomic mass is 32.2. The molecule has 0 fully saturated rings. The van der Waals surface area contributed by atoms with Gasteiger partial charge in [-0.25, -0.2) is 0 Å². The molecular weight excluding hydrogens is 308 g/mol. The first kappa shape index (κ1) is 15.6. The maximum absolute atomic E-state index is 12.5. The number of benzene rings is 2. The van der Waals surface area contributed by atoms with E-state index in [-0.39, 0.29) is 11.2 Å². The lowest BCUT2D eigenvalue weighted by atomic mass is 10.1. The second kappa shape index (κ2) is 6.42. The minimum Gasteiger partial charge on any atom is -0.325 e. The predicted molar refractivity (Wildman–Crippen MR) is 93.6 cm³/mol. The van der Waals surface area contributed by atoms with Crippen molar-refractivity contribution >= 4 is 34.1 Å². The fourth-order valence-electron chi connectivity index (χ4n) is 2.27. The van der Waals surface area contributed by atoms with Crippen molar-refractivity contribution in [1.82, 2.24) is 14.8 Å². The van der Waals surface area contributed by atoms with Crippen LogP contribution in [0.4, 0.5) is 5.69 Å². The molecule has 0 aliphatic rings. The summed E-state index contributed by atoms with van der Waals surface area (Å²) in [5.41, 5.74) is 0.828. The molecule has 0 spiro atoms. The van der Waals surface area contributed by atoms with E-state index in [0.29, 0.717) is 0 Å². The van der Waals surface area contributed by atoms with Crippen LogP contribution in [-0.2, 0) is 11.8 Å². The third-order valence-electron chi connectivity index (χ3n) is 3.75. The largest absolute Gasteiger partial charge is 0.325 e. The Morgan fingerprint density at radius 1 is 1.17 bits per heavy atom. The molecule has 0 aliphatic heterocycles. The summed E-state index contributed by atoms with van der Waals surface area (Å²) >= 11 is 1.40. The van der Waals surface area contributed by atoms with Crippen LogP contribution in [0.1, 0.15) is 12.7 Å². The highest BCUT2D eigenvalue weighted by molar-refractivity contribution is 8.00. The summed E-state index contributed by atoms with van der Waals surface area (Å²) in [4.78, 5) is 12.5. The Morgan fingerprint density at radius 3 is 2.65 bits per heavy atom. The minimum atomic E-state index is -0.267. The summed E-state index contributed by atoms with van der Waals surface area (Å²) in [5.74, 6) is 0.779. The Kier molecular flexibility index (Phi) is 4.34. The molecule has 3 aromatic rings. The summed E-state index contributed by atoms with van der Waals surface area (Å²) < 4.78 is 1.88. The Hall–Kier alpha value is -2.34. The zero-order valence-corrected chi connectivity index (χ0v) is 14.1. The van der Waals surface area contributed by atoms with Gasteiger partial charge in [-0.1, -0.05) is 48.2 Å². The molecule has 0 bridgehead atoms. The second-order valence-corrected chi connectivity index (χ2v) is 6.67. The Balaban J connectivity index is 1.76. The maximum Gasteiger partial charge on any atom is 0.237 e. The molecule has 1 atom stereocenters. The molecule has 0 aliphatic carbocycles. The van der Waals surface area contributed by atoms with Crippen molar-refractivity contribution in [3.8, 4) is 0 Å². The van der Waals surface area contributed by atoms with E-state index < -0.39 is 0 Å². The van der Waals surface area contributed by atoms with Gasteiger partial charge in [0.25, 0.3) is 0 Å². The molecule has 0 saturated carbocycles. The molecule has 6 heteroatoms. The number of amides is 1. The van der Waals surface area contributed by atoms with E-state index >= 15 is 0 Å². The molecule has 1 aromatic heterocycles. The number of hydrogen-bond donors (Lipinski definition) is 1. The normalized spacial score (nSPS) is 12.3. The van der Waals surface area contributed by atoms with Crippen molar-refractivity contribution in [2.75, 3.05) is 5.32 Å². The number of thioether (sulfide) groups is 1. The summed E-state index contributed by atoms with van der Waals surface area (Å²) in [7, 11) is 1.90. The third-order valence-corrected chi connectivity index (χ3v) is 4.89. The zero-order chi connectivity index (χ0) is 16.4. The molecule has 0 radical (unpaired) electrons. The van der Waals surface area contributed by atoms with E-state index in [4.69, 9.17) is 0 Å². The van der Waals surface area contributed by atoms with Crippen molar-refractivity contribution in [1.29, 1.82) is 0 Å². The number of anilines is 1. The smallest absolute Gasteiger partial charge is 0.237 e. The molecule has 5 nitrogen and oxygen atoms in total. The van der Waals surface area contributed by atoms with Gasteiger partial charge in [0.1, 0.15) is 5.82 Å². The Labute approximate surface area is 139 Å². The molecule has 1 unspecified atom stereocenters. The maximum atomic E-state index is 12.5. The van der Waals surface area contributed by atoms with Crippen molar-refractivity contribution < 1.29 is 4.79 Å². The molecule has 118 valence electrons. The van der Waals surface area contributed by atoms with Crippen LogP contribution in [0.3, 0.4) is 0 Å². The number of aromatic nitrogens is 3. The quantitative estimate of drug-likeness (QED) is 0.747. The van der Waals surface area contributed by atoms with Gasteiger partial charge in [0.2, 0.25) is 5.91 Å². The monoisotopic (exact) mass is 326 g/mol. The Morgan fingerprint density at radius 2 is 1.91 bits per heavy atom. The van der Waals surface area contributed by atoms with Crippen molar-refractivity contribution in [3.05, 3.63) is 48.3 Å². The van der Waals surface area contributed by atoms with Crippen LogP contribution >= 0.6 is 11.8 Å². The molecule has 2 aromatic carbocycles. The summed E-state index contributed by atoms with van der Waals surface area (Å²) in [6.45, 7) is 3.76. The van der Waals surface area contributed by atoms with Gasteiger partial charge in [-0.3, -0.25) is 4.79 Å². The first-order valence-electron chi connectivity index (χ1n) is 7.37. The molecule has 1 amide bonds. The highest BCUT2D eigenvalue weighted by Gasteiger charge is 2.18. The van der Waals surface area contributed by atoms with Crippen LogP contribution in [-0.4, -0.2) is 25.9 Å². The van der Waals surface area contributed by atoms with Crippen molar-refractivity contribution in [2.24, 2.45) is 7.05 Å². The number of carbonyl (C=O) groups excluding carboxylic acids is 1. The number of rotatable bonds is 4. The number of nitrogens with zero attached hydrogens (tertiary/aromatic N) is 3. The first-order chi connectivity index (χ1) is 11.1. The van der Waals surface area contributed by atoms with Crippen LogP contribution in [0.25, 0.3) is 10.8 Å². The molecule has 0 saturated heterocycles. The van der Waals surface area contributed by atoms with Crippen LogP contribution < -0.4 is 5.32 Å². The van der Waals surface area contributed by atoms with Crippen LogP contribution in [0.5, 0.6) is 0 Å². The van der Waals surface area contributed by atoms with E-state index in [0.717, 1.165) is 27.4 Å². The summed E-state index contributed by atoms with van der Waals surface area (Å²) in [6, 6.07) is 13.9. The number of carbonyl (C=O) groups is 1. The first-order valence-corrected chi connectivity index (χ1v) is 8.25. The van der Waals surface area contributed by atoms with Gasteiger partial charge in [0.05, 0.1) is 5.25 Å².